The van der Waals surface area contributed by atoms with E-state index in [0.29, 0.717) is 0 Å². The lowest BCUT2D eigenvalue weighted by molar-refractivity contribution is -0.137. The van der Waals surface area contributed by atoms with Crippen LogP contribution < -0.4 is 0 Å². The largest absolute Gasteiger partial charge is 0.481 e. The second-order valence-corrected chi connectivity index (χ2v) is 6.35. The van der Waals surface area contributed by atoms with E-state index in [1.807, 2.05) is 24.3 Å². The molecule has 24 heavy (non-hydrogen) atoms. The first-order valence-electron chi connectivity index (χ1n) is 8.16. The number of carboxylic acid groups (broad SMARTS) is 2. The smallest absolute Gasteiger partial charge is 0.307 e. The monoisotopic (exact) mass is 324 g/mol. The molecule has 124 valence electrons. The van der Waals surface area contributed by atoms with E-state index in [9.17, 15) is 9.59 Å². The molecule has 2 N–H and O–H groups in total. The normalized spacial score (nSPS) is 13.3. The topological polar surface area (TPSA) is 74.6 Å². The van der Waals surface area contributed by atoms with Gasteiger partial charge >= 0.3 is 11.9 Å². The standard InChI is InChI=1S/C20H20O4/c21-19(22)11-17-9-13-1-5-15(17)8-4-14-2-6-16(7-3-13)18(10-14)12-20(23)24/h1-2,5-6,9-10H,3-4,7-8,11-12H2,(H,21,22)(H,23,24). The molecule has 4 aliphatic rings. The van der Waals surface area contributed by atoms with Gasteiger partial charge in [-0.3, -0.25) is 9.59 Å². The predicted molar refractivity (Wildman–Crippen MR) is 90.4 cm³/mol. The van der Waals surface area contributed by atoms with E-state index >= 15 is 0 Å². The third-order valence-corrected chi connectivity index (χ3v) is 4.59. The minimum Gasteiger partial charge on any atom is -0.481 e. The van der Waals surface area contributed by atoms with Crippen LogP contribution >= 0.6 is 0 Å². The Labute approximate surface area is 140 Å². The molecule has 4 bridgehead atoms. The zero-order chi connectivity index (χ0) is 17.1. The molecule has 0 heterocycles. The lowest BCUT2D eigenvalue weighted by atomic mass is 9.90. The van der Waals surface area contributed by atoms with Gasteiger partial charge in [-0.1, -0.05) is 36.4 Å². The van der Waals surface area contributed by atoms with Crippen molar-refractivity contribution in [2.24, 2.45) is 0 Å². The molecule has 2 aromatic rings. The van der Waals surface area contributed by atoms with Crippen LogP contribution in [0.25, 0.3) is 0 Å². The van der Waals surface area contributed by atoms with E-state index in [4.69, 9.17) is 10.2 Å². The summed E-state index contributed by atoms with van der Waals surface area (Å²) in [6.07, 6.45) is 3.16. The van der Waals surface area contributed by atoms with Crippen LogP contribution in [0.2, 0.25) is 0 Å². The van der Waals surface area contributed by atoms with E-state index in [1.165, 1.54) is 0 Å². The molecule has 0 radical (unpaired) electrons. The van der Waals surface area contributed by atoms with Crippen molar-refractivity contribution in [3.63, 3.8) is 0 Å². The average Bonchev–Trinajstić information content (AvgIpc) is 2.50. The van der Waals surface area contributed by atoms with Gasteiger partial charge in [-0.2, -0.15) is 0 Å². The van der Waals surface area contributed by atoms with Crippen LogP contribution in [0.4, 0.5) is 0 Å². The van der Waals surface area contributed by atoms with Gasteiger partial charge in [0.05, 0.1) is 12.8 Å². The highest BCUT2D eigenvalue weighted by molar-refractivity contribution is 5.71. The summed E-state index contributed by atoms with van der Waals surface area (Å²) < 4.78 is 0. The summed E-state index contributed by atoms with van der Waals surface area (Å²) in [4.78, 5) is 22.2. The maximum absolute atomic E-state index is 11.1. The lowest BCUT2D eigenvalue weighted by Crippen LogP contribution is -2.09. The third-order valence-electron chi connectivity index (χ3n) is 4.59. The van der Waals surface area contributed by atoms with Crippen molar-refractivity contribution in [3.8, 4) is 0 Å². The Hall–Kier alpha value is -2.62. The Morgan fingerprint density at radius 2 is 1.12 bits per heavy atom. The molecule has 4 aliphatic carbocycles. The fourth-order valence-corrected chi connectivity index (χ4v) is 3.37. The molecule has 0 amide bonds. The van der Waals surface area contributed by atoms with Crippen LogP contribution in [0.1, 0.15) is 33.4 Å². The molecule has 4 nitrogen and oxygen atoms in total. The van der Waals surface area contributed by atoms with E-state index in [0.717, 1.165) is 59.1 Å². The first-order valence-corrected chi connectivity index (χ1v) is 8.16. The number of carbonyl (C=O) groups is 2. The third kappa shape index (κ3) is 3.82. The number of carboxylic acids is 2. The van der Waals surface area contributed by atoms with Crippen LogP contribution in [0.5, 0.6) is 0 Å². The van der Waals surface area contributed by atoms with E-state index in [2.05, 4.69) is 12.1 Å². The molecule has 4 heteroatoms. The first kappa shape index (κ1) is 16.2. The van der Waals surface area contributed by atoms with Gasteiger partial charge in [-0.05, 0) is 59.1 Å². The molecule has 0 saturated heterocycles. The number of aliphatic carboxylic acids is 2. The van der Waals surface area contributed by atoms with Gasteiger partial charge in [0.2, 0.25) is 0 Å². The van der Waals surface area contributed by atoms with Gasteiger partial charge < -0.3 is 10.2 Å². The number of rotatable bonds is 4. The highest BCUT2D eigenvalue weighted by Crippen LogP contribution is 2.22. The Balaban J connectivity index is 1.96. The average molecular weight is 324 g/mol. The second-order valence-electron chi connectivity index (χ2n) is 6.35. The summed E-state index contributed by atoms with van der Waals surface area (Å²) in [5.74, 6) is -1.62. The Morgan fingerprint density at radius 1 is 0.708 bits per heavy atom. The SMILES string of the molecule is O=C(O)Cc1cc2ccc1CCc1ccc(c(CC(=O)O)c1)CC2. The van der Waals surface area contributed by atoms with Crippen molar-refractivity contribution in [1.29, 1.82) is 0 Å². The van der Waals surface area contributed by atoms with Gasteiger partial charge in [0.25, 0.3) is 0 Å². The molecular weight excluding hydrogens is 304 g/mol. The molecule has 6 rings (SSSR count). The summed E-state index contributed by atoms with van der Waals surface area (Å²) in [6.45, 7) is 0. The highest BCUT2D eigenvalue weighted by Gasteiger charge is 2.13. The first-order chi connectivity index (χ1) is 11.5. The molecular formula is C20H20O4. The lowest BCUT2D eigenvalue weighted by Gasteiger charge is -2.15. The van der Waals surface area contributed by atoms with Gasteiger partial charge in [0, 0.05) is 0 Å². The zero-order valence-electron chi connectivity index (χ0n) is 13.4. The van der Waals surface area contributed by atoms with Crippen molar-refractivity contribution in [2.75, 3.05) is 0 Å². The number of benzene rings is 2. The van der Waals surface area contributed by atoms with Crippen LogP contribution in [0, 0.1) is 0 Å². The van der Waals surface area contributed by atoms with E-state index in [-0.39, 0.29) is 12.8 Å². The molecule has 0 unspecified atom stereocenters. The zero-order valence-corrected chi connectivity index (χ0v) is 13.4. The molecule has 2 aromatic carbocycles. The maximum atomic E-state index is 11.1. The van der Waals surface area contributed by atoms with Crippen molar-refractivity contribution < 1.29 is 19.8 Å². The fourth-order valence-electron chi connectivity index (χ4n) is 3.37. The van der Waals surface area contributed by atoms with Gasteiger partial charge in [0.1, 0.15) is 0 Å². The number of hydrogen-bond donors (Lipinski definition) is 2. The highest BCUT2D eigenvalue weighted by atomic mass is 16.4. The van der Waals surface area contributed by atoms with Crippen molar-refractivity contribution in [3.05, 3.63) is 69.8 Å². The number of hydrogen-bond acceptors (Lipinski definition) is 2. The molecule has 0 fully saturated rings. The summed E-state index contributed by atoms with van der Waals surface area (Å²) in [5.41, 5.74) is 6.10. The van der Waals surface area contributed by atoms with Crippen LogP contribution in [0.3, 0.4) is 0 Å². The molecule has 0 atom stereocenters. The number of aryl methyl sites for hydroxylation is 4. The Morgan fingerprint density at radius 3 is 1.50 bits per heavy atom. The summed E-state index contributed by atoms with van der Waals surface area (Å²) in [7, 11) is 0. The summed E-state index contributed by atoms with van der Waals surface area (Å²) >= 11 is 0. The fraction of sp³-hybridized carbons (Fsp3) is 0.300. The summed E-state index contributed by atoms with van der Waals surface area (Å²) in [6, 6.07) is 12.2. The van der Waals surface area contributed by atoms with Crippen LogP contribution in [0.15, 0.2) is 36.4 Å². The van der Waals surface area contributed by atoms with Crippen molar-refractivity contribution in [2.45, 2.75) is 38.5 Å². The summed E-state index contributed by atoms with van der Waals surface area (Å²) in [5, 5.41) is 18.3. The van der Waals surface area contributed by atoms with Crippen molar-refractivity contribution in [1.82, 2.24) is 0 Å². The quantitative estimate of drug-likeness (QED) is 0.907. The Bertz CT molecular complexity index is 725. The van der Waals surface area contributed by atoms with Gasteiger partial charge in [-0.15, -0.1) is 0 Å². The van der Waals surface area contributed by atoms with Crippen LogP contribution in [-0.4, -0.2) is 22.2 Å². The second kappa shape index (κ2) is 6.87. The van der Waals surface area contributed by atoms with Crippen LogP contribution in [-0.2, 0) is 48.1 Å². The molecule has 0 aromatic heterocycles. The predicted octanol–water partition coefficient (Wildman–Crippen LogP) is 2.82. The minimum atomic E-state index is -0.812. The molecule has 0 saturated carbocycles. The van der Waals surface area contributed by atoms with E-state index < -0.39 is 11.9 Å². The van der Waals surface area contributed by atoms with Gasteiger partial charge in [-0.25, -0.2) is 0 Å². The van der Waals surface area contributed by atoms with Gasteiger partial charge in [0.15, 0.2) is 0 Å². The maximum Gasteiger partial charge on any atom is 0.307 e. The Kier molecular flexibility index (Phi) is 4.65. The van der Waals surface area contributed by atoms with Crippen molar-refractivity contribution >= 4 is 11.9 Å². The molecule has 0 spiro atoms. The minimum absolute atomic E-state index is 0.0466. The molecule has 0 aliphatic heterocycles. The van der Waals surface area contributed by atoms with E-state index in [1.54, 1.807) is 0 Å².